The van der Waals surface area contributed by atoms with E-state index in [1.165, 1.54) is 0 Å². The molecule has 1 amide bonds. The summed E-state index contributed by atoms with van der Waals surface area (Å²) in [6.07, 6.45) is 0.261. The summed E-state index contributed by atoms with van der Waals surface area (Å²) in [5, 5.41) is 0. The highest BCUT2D eigenvalue weighted by Gasteiger charge is 2.34. The Kier molecular flexibility index (Phi) is 3.88. The van der Waals surface area contributed by atoms with Crippen LogP contribution in [0.25, 0.3) is 0 Å². The van der Waals surface area contributed by atoms with Crippen LogP contribution in [0.2, 0.25) is 0 Å². The predicted molar refractivity (Wildman–Crippen MR) is 71.9 cm³/mol. The summed E-state index contributed by atoms with van der Waals surface area (Å²) in [4.78, 5) is 25.3. The van der Waals surface area contributed by atoms with Gasteiger partial charge in [0.2, 0.25) is 5.91 Å². The quantitative estimate of drug-likeness (QED) is 0.618. The molecule has 1 saturated heterocycles. The standard InChI is InChI=1S/C15H19NO3/c1-4-16-9-12(8-14(16)17)15(18)19-13-6-5-10(2)7-11(13)3/h5-7,12H,4,8-9H2,1-3H3. The number of hydrogen-bond donors (Lipinski definition) is 0. The first-order chi connectivity index (χ1) is 9.01. The normalized spacial score (nSPS) is 18.8. The molecule has 1 aromatic carbocycles. The van der Waals surface area contributed by atoms with E-state index in [1.54, 1.807) is 11.0 Å². The highest BCUT2D eigenvalue weighted by molar-refractivity contribution is 5.87. The predicted octanol–water partition coefficient (Wildman–Crippen LogP) is 2.08. The molecule has 1 aromatic rings. The molecule has 0 aliphatic carbocycles. The maximum atomic E-state index is 12.1. The summed E-state index contributed by atoms with van der Waals surface area (Å²) >= 11 is 0. The first-order valence-electron chi connectivity index (χ1n) is 6.58. The fourth-order valence-electron chi connectivity index (χ4n) is 2.34. The largest absolute Gasteiger partial charge is 0.426 e. The van der Waals surface area contributed by atoms with Gasteiger partial charge in [-0.25, -0.2) is 0 Å². The van der Waals surface area contributed by atoms with Crippen LogP contribution in [0.1, 0.15) is 24.5 Å². The maximum Gasteiger partial charge on any atom is 0.316 e. The van der Waals surface area contributed by atoms with E-state index < -0.39 is 0 Å². The van der Waals surface area contributed by atoms with E-state index in [9.17, 15) is 9.59 Å². The van der Waals surface area contributed by atoms with Crippen molar-refractivity contribution in [3.63, 3.8) is 0 Å². The molecule has 4 heteroatoms. The fraction of sp³-hybridized carbons (Fsp3) is 0.467. The second-order valence-corrected chi connectivity index (χ2v) is 5.02. The van der Waals surface area contributed by atoms with Crippen molar-refractivity contribution < 1.29 is 14.3 Å². The van der Waals surface area contributed by atoms with Crippen LogP contribution in [0, 0.1) is 19.8 Å². The van der Waals surface area contributed by atoms with Crippen molar-refractivity contribution >= 4 is 11.9 Å². The van der Waals surface area contributed by atoms with Gasteiger partial charge in [-0.05, 0) is 32.4 Å². The Morgan fingerprint density at radius 2 is 2.16 bits per heavy atom. The van der Waals surface area contributed by atoms with Crippen LogP contribution in [-0.2, 0) is 9.59 Å². The molecule has 4 nitrogen and oxygen atoms in total. The Hall–Kier alpha value is -1.84. The maximum absolute atomic E-state index is 12.1. The number of hydrogen-bond acceptors (Lipinski definition) is 3. The Labute approximate surface area is 113 Å². The molecule has 0 aromatic heterocycles. The van der Waals surface area contributed by atoms with E-state index in [1.807, 2.05) is 32.9 Å². The minimum absolute atomic E-state index is 0.0325. The van der Waals surface area contributed by atoms with Crippen LogP contribution in [0.4, 0.5) is 0 Å². The van der Waals surface area contributed by atoms with E-state index in [0.717, 1.165) is 11.1 Å². The molecule has 0 saturated carbocycles. The highest BCUT2D eigenvalue weighted by Crippen LogP contribution is 2.23. The zero-order chi connectivity index (χ0) is 14.0. The lowest BCUT2D eigenvalue weighted by Gasteiger charge is -2.14. The fourth-order valence-corrected chi connectivity index (χ4v) is 2.34. The number of aryl methyl sites for hydroxylation is 2. The van der Waals surface area contributed by atoms with Crippen LogP contribution in [0.15, 0.2) is 18.2 Å². The summed E-state index contributed by atoms with van der Waals surface area (Å²) in [7, 11) is 0. The van der Waals surface area contributed by atoms with Crippen molar-refractivity contribution in [1.29, 1.82) is 0 Å². The van der Waals surface area contributed by atoms with E-state index in [2.05, 4.69) is 0 Å². The van der Waals surface area contributed by atoms with Gasteiger partial charge in [0.05, 0.1) is 5.92 Å². The van der Waals surface area contributed by atoms with Crippen molar-refractivity contribution in [3.8, 4) is 5.75 Å². The number of rotatable bonds is 3. The summed E-state index contributed by atoms with van der Waals surface area (Å²) in [6, 6.07) is 5.69. The van der Waals surface area contributed by atoms with Crippen LogP contribution in [0.5, 0.6) is 5.75 Å². The molecular formula is C15H19NO3. The summed E-state index contributed by atoms with van der Waals surface area (Å²) in [5.41, 5.74) is 2.07. The topological polar surface area (TPSA) is 46.6 Å². The molecule has 1 unspecified atom stereocenters. The van der Waals surface area contributed by atoms with E-state index in [0.29, 0.717) is 18.8 Å². The molecule has 1 heterocycles. The lowest BCUT2D eigenvalue weighted by Crippen LogP contribution is -2.27. The van der Waals surface area contributed by atoms with Crippen molar-refractivity contribution in [3.05, 3.63) is 29.3 Å². The van der Waals surface area contributed by atoms with Gasteiger partial charge in [0.1, 0.15) is 5.75 Å². The van der Waals surface area contributed by atoms with Gasteiger partial charge < -0.3 is 9.64 Å². The first-order valence-corrected chi connectivity index (χ1v) is 6.58. The smallest absolute Gasteiger partial charge is 0.316 e. The van der Waals surface area contributed by atoms with Crippen LogP contribution in [-0.4, -0.2) is 29.9 Å². The van der Waals surface area contributed by atoms with Gasteiger partial charge in [-0.1, -0.05) is 17.7 Å². The van der Waals surface area contributed by atoms with Crippen LogP contribution >= 0.6 is 0 Å². The van der Waals surface area contributed by atoms with Crippen molar-refractivity contribution in [2.75, 3.05) is 13.1 Å². The minimum atomic E-state index is -0.340. The number of carbonyl (C=O) groups excluding carboxylic acids is 2. The molecule has 0 N–H and O–H groups in total. The van der Waals surface area contributed by atoms with E-state index >= 15 is 0 Å². The molecule has 1 aliphatic rings. The average Bonchev–Trinajstić information content (AvgIpc) is 2.74. The Bertz CT molecular complexity index is 510. The number of carbonyl (C=O) groups is 2. The summed E-state index contributed by atoms with van der Waals surface area (Å²) < 4.78 is 5.41. The van der Waals surface area contributed by atoms with Gasteiger partial charge in [-0.2, -0.15) is 0 Å². The van der Waals surface area contributed by atoms with Crippen molar-refractivity contribution in [2.24, 2.45) is 5.92 Å². The summed E-state index contributed by atoms with van der Waals surface area (Å²) in [5.74, 6) is -0.0347. The van der Waals surface area contributed by atoms with Gasteiger partial charge in [0.25, 0.3) is 0 Å². The number of likely N-dealkylation sites (tertiary alicyclic amines) is 1. The Morgan fingerprint density at radius 1 is 1.42 bits per heavy atom. The molecule has 1 aliphatic heterocycles. The molecule has 0 bridgehead atoms. The first kappa shape index (κ1) is 13.6. The number of amides is 1. The average molecular weight is 261 g/mol. The van der Waals surface area contributed by atoms with Gasteiger partial charge >= 0.3 is 5.97 Å². The molecule has 2 rings (SSSR count). The molecule has 19 heavy (non-hydrogen) atoms. The van der Waals surface area contributed by atoms with Crippen LogP contribution in [0.3, 0.4) is 0 Å². The third kappa shape index (κ3) is 2.95. The molecule has 0 spiro atoms. The third-order valence-corrected chi connectivity index (χ3v) is 3.47. The van der Waals surface area contributed by atoms with E-state index in [4.69, 9.17) is 4.74 Å². The second kappa shape index (κ2) is 5.43. The number of nitrogens with zero attached hydrogens (tertiary/aromatic N) is 1. The monoisotopic (exact) mass is 261 g/mol. The number of esters is 1. The molecule has 1 fully saturated rings. The third-order valence-electron chi connectivity index (χ3n) is 3.47. The molecule has 102 valence electrons. The Balaban J connectivity index is 2.04. The molecular weight excluding hydrogens is 242 g/mol. The zero-order valence-electron chi connectivity index (χ0n) is 11.6. The van der Waals surface area contributed by atoms with E-state index in [-0.39, 0.29) is 24.2 Å². The minimum Gasteiger partial charge on any atom is -0.426 e. The van der Waals surface area contributed by atoms with Gasteiger partial charge in [-0.15, -0.1) is 0 Å². The number of benzene rings is 1. The van der Waals surface area contributed by atoms with Crippen LogP contribution < -0.4 is 4.74 Å². The summed E-state index contributed by atoms with van der Waals surface area (Å²) in [6.45, 7) is 6.93. The van der Waals surface area contributed by atoms with Crippen molar-refractivity contribution in [2.45, 2.75) is 27.2 Å². The van der Waals surface area contributed by atoms with Gasteiger partial charge in [-0.3, -0.25) is 9.59 Å². The highest BCUT2D eigenvalue weighted by atomic mass is 16.5. The van der Waals surface area contributed by atoms with Gasteiger partial charge in [0, 0.05) is 19.5 Å². The van der Waals surface area contributed by atoms with Gasteiger partial charge in [0.15, 0.2) is 0 Å². The molecule has 1 atom stereocenters. The Morgan fingerprint density at radius 3 is 2.74 bits per heavy atom. The van der Waals surface area contributed by atoms with Crippen molar-refractivity contribution in [1.82, 2.24) is 4.90 Å². The number of ether oxygens (including phenoxy) is 1. The SMILES string of the molecule is CCN1CC(C(=O)Oc2ccc(C)cc2C)CC1=O. The second-order valence-electron chi connectivity index (χ2n) is 5.02. The lowest BCUT2D eigenvalue weighted by atomic mass is 10.1. The lowest BCUT2D eigenvalue weighted by molar-refractivity contribution is -0.139. The molecule has 0 radical (unpaired) electrons. The zero-order valence-corrected chi connectivity index (χ0v) is 11.6.